The lowest BCUT2D eigenvalue weighted by Gasteiger charge is -2.04. The minimum atomic E-state index is -3.06. The highest BCUT2D eigenvalue weighted by Crippen LogP contribution is 2.22. The van der Waals surface area contributed by atoms with Gasteiger partial charge in [0.05, 0.1) is 0 Å². The average Bonchev–Trinajstić information content (AvgIpc) is 2.01. The molecule has 0 bridgehead atoms. The summed E-state index contributed by atoms with van der Waals surface area (Å²) in [5, 5.41) is 2.50. The van der Waals surface area contributed by atoms with E-state index >= 15 is 0 Å². The van der Waals surface area contributed by atoms with Crippen molar-refractivity contribution in [1.82, 2.24) is 0 Å². The van der Waals surface area contributed by atoms with Crippen molar-refractivity contribution >= 4 is 34.8 Å². The Bertz CT molecular complexity index is 337. The molecule has 1 N–H and O–H groups in total. The van der Waals surface area contributed by atoms with E-state index in [2.05, 4.69) is 0 Å². The minimum Gasteiger partial charge on any atom is -0.321 e. The summed E-state index contributed by atoms with van der Waals surface area (Å²) in [5.74, 6) is -1.39. The van der Waals surface area contributed by atoms with Crippen molar-refractivity contribution in [3.05, 3.63) is 28.2 Å². The molecule has 0 atom stereocenters. The van der Waals surface area contributed by atoms with Crippen molar-refractivity contribution in [2.75, 3.05) is 5.32 Å². The molecule has 0 fully saturated rings. The van der Waals surface area contributed by atoms with Crippen molar-refractivity contribution in [3.63, 3.8) is 0 Å². The molecule has 6 heteroatoms. The first-order chi connectivity index (χ1) is 6.49. The van der Waals surface area contributed by atoms with Crippen LogP contribution in [0, 0.1) is 0 Å². The Hall–Kier alpha value is -0.870. The van der Waals surface area contributed by atoms with Gasteiger partial charge in [0.1, 0.15) is 0 Å². The lowest BCUT2D eigenvalue weighted by Crippen LogP contribution is -2.19. The highest BCUT2D eigenvalue weighted by molar-refractivity contribution is 6.35. The Labute approximate surface area is 88.8 Å². The number of nitrogens with one attached hydrogen (secondary N) is 1. The predicted octanol–water partition coefficient (Wildman–Crippen LogP) is 3.20. The van der Waals surface area contributed by atoms with Crippen LogP contribution >= 0.6 is 23.2 Å². The van der Waals surface area contributed by atoms with Gasteiger partial charge in [0.2, 0.25) is 0 Å². The smallest absolute Gasteiger partial charge is 0.315 e. The van der Waals surface area contributed by atoms with E-state index in [1.54, 1.807) is 0 Å². The quantitative estimate of drug-likeness (QED) is 0.844. The minimum absolute atomic E-state index is 0.146. The molecule has 0 aliphatic rings. The third kappa shape index (κ3) is 3.12. The van der Waals surface area contributed by atoms with Gasteiger partial charge in [-0.2, -0.15) is 8.78 Å². The Morgan fingerprint density at radius 2 is 1.71 bits per heavy atom. The van der Waals surface area contributed by atoms with E-state index in [1.807, 2.05) is 5.32 Å². The van der Waals surface area contributed by atoms with Gasteiger partial charge < -0.3 is 5.32 Å². The number of halogens is 4. The van der Waals surface area contributed by atoms with Crippen LogP contribution in [-0.4, -0.2) is 12.3 Å². The van der Waals surface area contributed by atoms with Crippen LogP contribution in [0.15, 0.2) is 18.2 Å². The molecule has 0 aromatic heterocycles. The monoisotopic (exact) mass is 239 g/mol. The highest BCUT2D eigenvalue weighted by Gasteiger charge is 2.15. The van der Waals surface area contributed by atoms with Crippen molar-refractivity contribution < 1.29 is 13.6 Å². The zero-order chi connectivity index (χ0) is 10.7. The fourth-order valence-electron chi connectivity index (χ4n) is 0.823. The highest BCUT2D eigenvalue weighted by atomic mass is 35.5. The average molecular weight is 240 g/mol. The third-order valence-electron chi connectivity index (χ3n) is 1.33. The van der Waals surface area contributed by atoms with E-state index in [1.165, 1.54) is 18.2 Å². The molecule has 0 aliphatic heterocycles. The first-order valence-corrected chi connectivity index (χ1v) is 4.30. The largest absolute Gasteiger partial charge is 0.321 e. The van der Waals surface area contributed by atoms with E-state index < -0.39 is 12.3 Å². The van der Waals surface area contributed by atoms with E-state index in [9.17, 15) is 13.6 Å². The van der Waals surface area contributed by atoms with Crippen molar-refractivity contribution in [3.8, 4) is 0 Å². The van der Waals surface area contributed by atoms with Crippen LogP contribution in [0.5, 0.6) is 0 Å². The number of hydrogen-bond acceptors (Lipinski definition) is 1. The number of alkyl halides is 2. The van der Waals surface area contributed by atoms with Crippen LogP contribution in [0.4, 0.5) is 14.5 Å². The number of hydrogen-bond donors (Lipinski definition) is 1. The Balaban J connectivity index is 2.82. The number of amides is 1. The Morgan fingerprint density at radius 3 is 2.14 bits per heavy atom. The summed E-state index contributed by atoms with van der Waals surface area (Å²) in [6, 6.07) is 4.09. The van der Waals surface area contributed by atoms with Gasteiger partial charge >= 0.3 is 6.43 Å². The number of benzene rings is 1. The van der Waals surface area contributed by atoms with Gasteiger partial charge in [-0.3, -0.25) is 4.79 Å². The summed E-state index contributed by atoms with van der Waals surface area (Å²) in [6.07, 6.45) is -3.06. The molecule has 1 aromatic rings. The van der Waals surface area contributed by atoms with Crippen molar-refractivity contribution in [1.29, 1.82) is 0 Å². The molecule has 76 valence electrons. The fraction of sp³-hybridized carbons (Fsp3) is 0.125. The number of carbonyl (C=O) groups is 1. The Morgan fingerprint density at radius 1 is 1.21 bits per heavy atom. The first-order valence-electron chi connectivity index (χ1n) is 3.54. The SMILES string of the molecule is O=C(Nc1cc(Cl)cc(Cl)c1)C(F)F. The fourth-order valence-corrected chi connectivity index (χ4v) is 1.35. The second-order valence-corrected chi connectivity index (χ2v) is 3.32. The molecule has 2 nitrogen and oxygen atoms in total. The molecule has 0 radical (unpaired) electrons. The molecule has 0 unspecified atom stereocenters. The van der Waals surface area contributed by atoms with Crippen LogP contribution in [0.1, 0.15) is 0 Å². The van der Waals surface area contributed by atoms with E-state index in [0.717, 1.165) is 0 Å². The third-order valence-corrected chi connectivity index (χ3v) is 1.76. The van der Waals surface area contributed by atoms with Gasteiger partial charge in [-0.15, -0.1) is 0 Å². The van der Waals surface area contributed by atoms with Crippen LogP contribution in [0.3, 0.4) is 0 Å². The molecule has 0 saturated heterocycles. The maximum absolute atomic E-state index is 11.8. The van der Waals surface area contributed by atoms with Crippen LogP contribution in [-0.2, 0) is 4.79 Å². The Kier molecular flexibility index (Phi) is 3.66. The summed E-state index contributed by atoms with van der Waals surface area (Å²) in [6.45, 7) is 0. The summed E-state index contributed by atoms with van der Waals surface area (Å²) in [4.78, 5) is 10.6. The number of rotatable bonds is 2. The van der Waals surface area contributed by atoms with Crippen molar-refractivity contribution in [2.45, 2.75) is 6.43 Å². The van der Waals surface area contributed by atoms with Gasteiger partial charge in [0.15, 0.2) is 0 Å². The molecule has 0 aliphatic carbocycles. The molecule has 1 amide bonds. The lowest BCUT2D eigenvalue weighted by atomic mass is 10.3. The van der Waals surface area contributed by atoms with Crippen LogP contribution in [0.2, 0.25) is 10.0 Å². The van der Waals surface area contributed by atoms with Gasteiger partial charge in [0, 0.05) is 15.7 Å². The van der Waals surface area contributed by atoms with E-state index in [-0.39, 0.29) is 15.7 Å². The van der Waals surface area contributed by atoms with E-state index in [0.29, 0.717) is 0 Å². The topological polar surface area (TPSA) is 29.1 Å². The standard InChI is InChI=1S/C8H5Cl2F2NO/c9-4-1-5(10)3-6(2-4)13-8(14)7(11)12/h1-3,7H,(H,13,14). The molecular formula is C8H5Cl2F2NO. The normalized spacial score (nSPS) is 10.4. The zero-order valence-corrected chi connectivity index (χ0v) is 8.24. The van der Waals surface area contributed by atoms with Gasteiger partial charge in [0.25, 0.3) is 5.91 Å². The zero-order valence-electron chi connectivity index (χ0n) is 6.73. The summed E-state index contributed by atoms with van der Waals surface area (Å²) >= 11 is 11.2. The summed E-state index contributed by atoms with van der Waals surface area (Å²) < 4.78 is 23.7. The lowest BCUT2D eigenvalue weighted by molar-refractivity contribution is -0.126. The number of anilines is 1. The second-order valence-electron chi connectivity index (χ2n) is 2.45. The number of carbonyl (C=O) groups excluding carboxylic acids is 1. The first kappa shape index (κ1) is 11.2. The van der Waals surface area contributed by atoms with Crippen LogP contribution in [0.25, 0.3) is 0 Å². The second kappa shape index (κ2) is 4.57. The molecule has 14 heavy (non-hydrogen) atoms. The summed E-state index contributed by atoms with van der Waals surface area (Å²) in [7, 11) is 0. The van der Waals surface area contributed by atoms with Crippen LogP contribution < -0.4 is 5.32 Å². The van der Waals surface area contributed by atoms with E-state index in [4.69, 9.17) is 23.2 Å². The van der Waals surface area contributed by atoms with Gasteiger partial charge in [-0.05, 0) is 18.2 Å². The molecular weight excluding hydrogens is 235 g/mol. The molecule has 1 rings (SSSR count). The van der Waals surface area contributed by atoms with Gasteiger partial charge in [-0.25, -0.2) is 0 Å². The predicted molar refractivity (Wildman–Crippen MR) is 51.1 cm³/mol. The summed E-state index contributed by atoms with van der Waals surface area (Å²) in [5.41, 5.74) is 0.146. The van der Waals surface area contributed by atoms with Crippen molar-refractivity contribution in [2.24, 2.45) is 0 Å². The maximum atomic E-state index is 11.8. The maximum Gasteiger partial charge on any atom is 0.315 e. The molecule has 0 saturated carbocycles. The van der Waals surface area contributed by atoms with Gasteiger partial charge in [-0.1, -0.05) is 23.2 Å². The molecule has 0 spiro atoms. The molecule has 0 heterocycles. The molecule has 1 aromatic carbocycles.